The number of nitrogens with one attached hydrogen (secondary N) is 1. The fourth-order valence-corrected chi connectivity index (χ4v) is 3.05. The van der Waals surface area contributed by atoms with Gasteiger partial charge in [0.25, 0.3) is 5.91 Å². The van der Waals surface area contributed by atoms with Crippen LogP contribution >= 0.6 is 24.0 Å². The summed E-state index contributed by atoms with van der Waals surface area (Å²) in [5.74, 6) is 0.989. The number of methoxy groups -OCH3 is 1. The number of carbonyl (C=O) groups is 1. The van der Waals surface area contributed by atoms with E-state index in [1.54, 1.807) is 25.3 Å². The predicted octanol–water partition coefficient (Wildman–Crippen LogP) is 4.46. The minimum atomic E-state index is -0.300. The summed E-state index contributed by atoms with van der Waals surface area (Å²) in [5, 5.41) is 7.44. The van der Waals surface area contributed by atoms with Gasteiger partial charge in [-0.05, 0) is 44.4 Å². The third-order valence-electron chi connectivity index (χ3n) is 4.45. The number of nitrogens with zero attached hydrogens (tertiary/aromatic N) is 2. The molecule has 1 atom stereocenters. The Morgan fingerprint density at radius 1 is 1.21 bits per heavy atom. The molecule has 8 heteroatoms. The molecular formula is C21H23Cl2N3O3. The number of rotatable bonds is 7. The molecule has 0 aliphatic rings. The lowest BCUT2D eigenvalue weighted by atomic mass is 10.0. The van der Waals surface area contributed by atoms with Gasteiger partial charge < -0.3 is 19.5 Å². The number of amides is 1. The van der Waals surface area contributed by atoms with Crippen molar-refractivity contribution in [3.8, 4) is 17.1 Å². The minimum absolute atomic E-state index is 0. The average Bonchev–Trinajstić information content (AvgIpc) is 3.19. The highest BCUT2D eigenvalue weighted by Crippen LogP contribution is 2.27. The molecule has 0 aliphatic heterocycles. The van der Waals surface area contributed by atoms with Crippen molar-refractivity contribution in [2.75, 3.05) is 27.7 Å². The molecule has 1 aromatic heterocycles. The molecule has 3 aromatic rings. The van der Waals surface area contributed by atoms with Gasteiger partial charge in [0.1, 0.15) is 5.75 Å². The SMILES string of the molecule is COc1ccccc1C(CNC(=O)c1cc(-c2ccc(Cl)cc2)on1)N(C)C.Cl. The number of ether oxygens (including phenoxy) is 1. The first kappa shape index (κ1) is 22.7. The van der Waals surface area contributed by atoms with Crippen LogP contribution in [0.2, 0.25) is 5.02 Å². The van der Waals surface area contributed by atoms with Crippen molar-refractivity contribution in [3.05, 3.63) is 70.9 Å². The summed E-state index contributed by atoms with van der Waals surface area (Å²) in [4.78, 5) is 14.6. The molecule has 6 nitrogen and oxygen atoms in total. The lowest BCUT2D eigenvalue weighted by molar-refractivity contribution is 0.0932. The highest BCUT2D eigenvalue weighted by Gasteiger charge is 2.20. The highest BCUT2D eigenvalue weighted by atomic mass is 35.5. The average molecular weight is 436 g/mol. The van der Waals surface area contributed by atoms with Crippen molar-refractivity contribution >= 4 is 29.9 Å². The first-order chi connectivity index (χ1) is 13.5. The first-order valence-corrected chi connectivity index (χ1v) is 9.17. The molecule has 0 fully saturated rings. The maximum absolute atomic E-state index is 12.6. The molecule has 0 radical (unpaired) electrons. The molecule has 0 saturated heterocycles. The van der Waals surface area contributed by atoms with E-state index in [9.17, 15) is 4.79 Å². The number of benzene rings is 2. The van der Waals surface area contributed by atoms with Crippen molar-refractivity contribution in [1.29, 1.82) is 0 Å². The molecule has 1 amide bonds. The first-order valence-electron chi connectivity index (χ1n) is 8.79. The predicted molar refractivity (Wildman–Crippen MR) is 116 cm³/mol. The van der Waals surface area contributed by atoms with E-state index in [1.165, 1.54) is 0 Å². The Labute approximate surface area is 181 Å². The summed E-state index contributed by atoms with van der Waals surface area (Å²) in [5.41, 5.74) is 2.02. The second kappa shape index (κ2) is 10.3. The number of hydrogen-bond acceptors (Lipinski definition) is 5. The third-order valence-corrected chi connectivity index (χ3v) is 4.70. The lowest BCUT2D eigenvalue weighted by Crippen LogP contribution is -2.34. The van der Waals surface area contributed by atoms with Crippen LogP contribution in [0.25, 0.3) is 11.3 Å². The fraction of sp³-hybridized carbons (Fsp3) is 0.238. The van der Waals surface area contributed by atoms with Crippen molar-refractivity contribution in [1.82, 2.24) is 15.4 Å². The molecule has 2 aromatic carbocycles. The summed E-state index contributed by atoms with van der Waals surface area (Å²) < 4.78 is 10.8. The second-order valence-electron chi connectivity index (χ2n) is 6.51. The third kappa shape index (κ3) is 5.50. The number of likely N-dealkylation sites (N-methyl/N-ethyl adjacent to an activating group) is 1. The molecule has 1 heterocycles. The van der Waals surface area contributed by atoms with Gasteiger partial charge in [-0.1, -0.05) is 35.0 Å². The molecule has 29 heavy (non-hydrogen) atoms. The maximum atomic E-state index is 12.6. The van der Waals surface area contributed by atoms with Crippen LogP contribution in [-0.2, 0) is 0 Å². The molecule has 0 spiro atoms. The Morgan fingerprint density at radius 2 is 1.90 bits per heavy atom. The van der Waals surface area contributed by atoms with Gasteiger partial charge in [-0.25, -0.2) is 0 Å². The smallest absolute Gasteiger partial charge is 0.273 e. The minimum Gasteiger partial charge on any atom is -0.496 e. The molecular weight excluding hydrogens is 413 g/mol. The normalized spacial score (nSPS) is 11.6. The summed E-state index contributed by atoms with van der Waals surface area (Å²) in [7, 11) is 5.55. The van der Waals surface area contributed by atoms with Crippen LogP contribution < -0.4 is 10.1 Å². The van der Waals surface area contributed by atoms with E-state index < -0.39 is 0 Å². The Balaban J connectivity index is 0.00000300. The molecule has 0 bridgehead atoms. The van der Waals surface area contributed by atoms with Crippen LogP contribution in [0.1, 0.15) is 22.1 Å². The van der Waals surface area contributed by atoms with E-state index in [2.05, 4.69) is 10.5 Å². The number of aromatic nitrogens is 1. The van der Waals surface area contributed by atoms with Gasteiger partial charge >= 0.3 is 0 Å². The van der Waals surface area contributed by atoms with E-state index in [1.807, 2.05) is 55.4 Å². The monoisotopic (exact) mass is 435 g/mol. The Morgan fingerprint density at radius 3 is 2.55 bits per heavy atom. The molecule has 154 valence electrons. The maximum Gasteiger partial charge on any atom is 0.273 e. The summed E-state index contributed by atoms with van der Waals surface area (Å²) in [6.07, 6.45) is 0. The Hall–Kier alpha value is -2.54. The molecule has 3 rings (SSSR count). The molecule has 1 N–H and O–H groups in total. The fourth-order valence-electron chi connectivity index (χ4n) is 2.92. The van der Waals surface area contributed by atoms with Crippen molar-refractivity contribution < 1.29 is 14.1 Å². The van der Waals surface area contributed by atoms with Gasteiger partial charge in [0.2, 0.25) is 0 Å². The van der Waals surface area contributed by atoms with Crippen LogP contribution in [-0.4, -0.2) is 43.7 Å². The van der Waals surface area contributed by atoms with E-state index in [0.717, 1.165) is 16.9 Å². The summed E-state index contributed by atoms with van der Waals surface area (Å²) in [6.45, 7) is 0.398. The van der Waals surface area contributed by atoms with Crippen molar-refractivity contribution in [2.24, 2.45) is 0 Å². The topological polar surface area (TPSA) is 67.6 Å². The lowest BCUT2D eigenvalue weighted by Gasteiger charge is -2.26. The molecule has 0 aliphatic carbocycles. The summed E-state index contributed by atoms with van der Waals surface area (Å²) >= 11 is 5.90. The number of hydrogen-bond donors (Lipinski definition) is 1. The van der Waals surface area contributed by atoms with Gasteiger partial charge in [0.05, 0.1) is 13.2 Å². The van der Waals surface area contributed by atoms with Crippen molar-refractivity contribution in [2.45, 2.75) is 6.04 Å². The van der Waals surface area contributed by atoms with Crippen LogP contribution in [0.5, 0.6) is 5.75 Å². The van der Waals surface area contributed by atoms with Crippen molar-refractivity contribution in [3.63, 3.8) is 0 Å². The zero-order valence-electron chi connectivity index (χ0n) is 16.4. The number of halogens is 2. The van der Waals surface area contributed by atoms with E-state index in [0.29, 0.717) is 17.3 Å². The van der Waals surface area contributed by atoms with Crippen LogP contribution in [0, 0.1) is 0 Å². The van der Waals surface area contributed by atoms with E-state index in [-0.39, 0.29) is 30.0 Å². The zero-order chi connectivity index (χ0) is 20.1. The highest BCUT2D eigenvalue weighted by molar-refractivity contribution is 6.30. The number of para-hydroxylation sites is 1. The number of carbonyl (C=O) groups excluding carboxylic acids is 1. The van der Waals surface area contributed by atoms with Gasteiger partial charge in [-0.3, -0.25) is 4.79 Å². The van der Waals surface area contributed by atoms with Crippen LogP contribution in [0.4, 0.5) is 0 Å². The van der Waals surface area contributed by atoms with Gasteiger partial charge in [-0.2, -0.15) is 0 Å². The largest absolute Gasteiger partial charge is 0.496 e. The van der Waals surface area contributed by atoms with E-state index >= 15 is 0 Å². The van der Waals surface area contributed by atoms with Gasteiger partial charge in [0, 0.05) is 28.8 Å². The quantitative estimate of drug-likeness (QED) is 0.593. The zero-order valence-corrected chi connectivity index (χ0v) is 18.0. The standard InChI is InChI=1S/C21H22ClN3O3.ClH/c1-25(2)18(16-6-4-5-7-19(16)27-3)13-23-21(26)17-12-20(28-24-17)14-8-10-15(22)11-9-14;/h4-12,18H,13H2,1-3H3,(H,23,26);1H. The second-order valence-corrected chi connectivity index (χ2v) is 6.95. The Bertz CT molecular complexity index is 942. The van der Waals surface area contributed by atoms with Crippen LogP contribution in [0.3, 0.4) is 0 Å². The Kier molecular flexibility index (Phi) is 8.08. The van der Waals surface area contributed by atoms with Gasteiger partial charge in [-0.15, -0.1) is 12.4 Å². The van der Waals surface area contributed by atoms with E-state index in [4.69, 9.17) is 20.9 Å². The van der Waals surface area contributed by atoms with Crippen LogP contribution in [0.15, 0.2) is 59.1 Å². The molecule has 1 unspecified atom stereocenters. The summed E-state index contributed by atoms with van der Waals surface area (Å²) in [6, 6.07) is 16.5. The van der Waals surface area contributed by atoms with Gasteiger partial charge in [0.15, 0.2) is 11.5 Å². The molecule has 0 saturated carbocycles.